The van der Waals surface area contributed by atoms with Crippen LogP contribution in [0.4, 0.5) is 0 Å². The average molecular weight is 233 g/mol. The van der Waals surface area contributed by atoms with E-state index in [-0.39, 0.29) is 18.4 Å². The number of aryl methyl sites for hydroxylation is 1. The highest BCUT2D eigenvalue weighted by Gasteiger charge is 2.16. The summed E-state index contributed by atoms with van der Waals surface area (Å²) < 4.78 is 5.82. The summed E-state index contributed by atoms with van der Waals surface area (Å²) in [6, 6.07) is 6.18. The summed E-state index contributed by atoms with van der Waals surface area (Å²) in [6.07, 6.45) is 4.81. The highest BCUT2D eigenvalue weighted by atomic mass is 16.5. The van der Waals surface area contributed by atoms with Gasteiger partial charge in [-0.15, -0.1) is 0 Å². The van der Waals surface area contributed by atoms with E-state index in [2.05, 4.69) is 6.07 Å². The molecule has 1 amide bonds. The third kappa shape index (κ3) is 2.99. The third-order valence-corrected chi connectivity index (χ3v) is 3.17. The van der Waals surface area contributed by atoms with Gasteiger partial charge < -0.3 is 10.5 Å². The zero-order chi connectivity index (χ0) is 12.3. The van der Waals surface area contributed by atoms with Crippen molar-refractivity contribution >= 4 is 5.91 Å². The predicted octanol–water partition coefficient (Wildman–Crippen LogP) is 2.21. The van der Waals surface area contributed by atoms with Crippen molar-refractivity contribution in [1.82, 2.24) is 0 Å². The molecule has 3 nitrogen and oxygen atoms in total. The molecule has 1 unspecified atom stereocenters. The van der Waals surface area contributed by atoms with Crippen LogP contribution in [0.2, 0.25) is 0 Å². The molecule has 0 saturated heterocycles. The van der Waals surface area contributed by atoms with Crippen LogP contribution in [0, 0.1) is 0 Å². The number of hydrogen-bond donors (Lipinski definition) is 1. The molecule has 17 heavy (non-hydrogen) atoms. The van der Waals surface area contributed by atoms with Crippen molar-refractivity contribution in [2.45, 2.75) is 45.1 Å². The minimum Gasteiger partial charge on any atom is -0.490 e. The van der Waals surface area contributed by atoms with Crippen LogP contribution in [0.3, 0.4) is 0 Å². The highest BCUT2D eigenvalue weighted by Crippen LogP contribution is 2.30. The van der Waals surface area contributed by atoms with Crippen LogP contribution in [-0.4, -0.2) is 12.0 Å². The van der Waals surface area contributed by atoms with Crippen molar-refractivity contribution < 1.29 is 9.53 Å². The fourth-order valence-electron chi connectivity index (χ4n) is 2.40. The third-order valence-electron chi connectivity index (χ3n) is 3.17. The zero-order valence-electron chi connectivity index (χ0n) is 10.2. The second-order valence-electron chi connectivity index (χ2n) is 4.70. The maximum absolute atomic E-state index is 10.8. The summed E-state index contributed by atoms with van der Waals surface area (Å²) in [5.74, 6) is 0.609. The van der Waals surface area contributed by atoms with Gasteiger partial charge in [0, 0.05) is 0 Å². The topological polar surface area (TPSA) is 52.3 Å². The molecule has 0 aliphatic heterocycles. The monoisotopic (exact) mass is 233 g/mol. The van der Waals surface area contributed by atoms with E-state index in [0.717, 1.165) is 18.6 Å². The lowest BCUT2D eigenvalue weighted by molar-refractivity contribution is -0.119. The lowest BCUT2D eigenvalue weighted by atomic mass is 9.91. The summed E-state index contributed by atoms with van der Waals surface area (Å²) in [7, 11) is 0. The first-order chi connectivity index (χ1) is 8.16. The van der Waals surface area contributed by atoms with E-state index in [9.17, 15) is 4.79 Å². The van der Waals surface area contributed by atoms with Gasteiger partial charge in [0.15, 0.2) is 0 Å². The van der Waals surface area contributed by atoms with Gasteiger partial charge in [0.05, 0.1) is 6.42 Å². The maximum Gasteiger partial charge on any atom is 0.221 e. The molecule has 1 aliphatic rings. The number of rotatable bonds is 4. The molecule has 0 fully saturated rings. The van der Waals surface area contributed by atoms with Gasteiger partial charge in [-0.25, -0.2) is 0 Å². The number of primary amides is 1. The Morgan fingerprint density at radius 1 is 1.41 bits per heavy atom. The summed E-state index contributed by atoms with van der Waals surface area (Å²) >= 11 is 0. The standard InChI is InChI=1S/C14H19NO2/c1-10(9-14(15)16)17-13-8-4-6-11-5-2-3-7-12(11)13/h4,6,8,10H,2-3,5,7,9H2,1H3,(H2,15,16). The van der Waals surface area contributed by atoms with Crippen LogP contribution < -0.4 is 10.5 Å². The molecule has 1 aromatic rings. The average Bonchev–Trinajstić information content (AvgIpc) is 2.28. The van der Waals surface area contributed by atoms with Crippen molar-refractivity contribution in [3.8, 4) is 5.75 Å². The Balaban J connectivity index is 2.13. The summed E-state index contributed by atoms with van der Waals surface area (Å²) in [5.41, 5.74) is 7.87. The molecule has 1 aromatic carbocycles. The van der Waals surface area contributed by atoms with Crippen molar-refractivity contribution in [3.63, 3.8) is 0 Å². The maximum atomic E-state index is 10.8. The molecule has 1 atom stereocenters. The molecule has 1 aliphatic carbocycles. The number of benzene rings is 1. The van der Waals surface area contributed by atoms with Gasteiger partial charge in [-0.1, -0.05) is 12.1 Å². The smallest absolute Gasteiger partial charge is 0.221 e. The van der Waals surface area contributed by atoms with Gasteiger partial charge in [-0.05, 0) is 49.8 Å². The Labute approximate surface area is 102 Å². The van der Waals surface area contributed by atoms with Crippen molar-refractivity contribution in [2.24, 2.45) is 5.73 Å². The van der Waals surface area contributed by atoms with Gasteiger partial charge in [-0.2, -0.15) is 0 Å². The normalized spacial score (nSPS) is 16.1. The van der Waals surface area contributed by atoms with Crippen molar-refractivity contribution in [2.75, 3.05) is 0 Å². The van der Waals surface area contributed by atoms with E-state index in [1.54, 1.807) is 0 Å². The molecule has 0 aromatic heterocycles. The first-order valence-corrected chi connectivity index (χ1v) is 6.22. The van der Waals surface area contributed by atoms with E-state index in [1.807, 2.05) is 19.1 Å². The molecule has 0 bridgehead atoms. The lowest BCUT2D eigenvalue weighted by Gasteiger charge is -2.21. The van der Waals surface area contributed by atoms with Gasteiger partial charge in [0.2, 0.25) is 5.91 Å². The molecular formula is C14H19NO2. The molecule has 92 valence electrons. The number of amides is 1. The highest BCUT2D eigenvalue weighted by molar-refractivity contribution is 5.74. The van der Waals surface area contributed by atoms with Gasteiger partial charge >= 0.3 is 0 Å². The fourth-order valence-corrected chi connectivity index (χ4v) is 2.40. The molecule has 0 radical (unpaired) electrons. The van der Waals surface area contributed by atoms with Crippen LogP contribution in [0.25, 0.3) is 0 Å². The van der Waals surface area contributed by atoms with Crippen LogP contribution in [0.5, 0.6) is 5.75 Å². The van der Waals surface area contributed by atoms with Crippen LogP contribution in [-0.2, 0) is 17.6 Å². The van der Waals surface area contributed by atoms with Crippen molar-refractivity contribution in [3.05, 3.63) is 29.3 Å². The number of carbonyl (C=O) groups is 1. The molecule has 0 spiro atoms. The second-order valence-corrected chi connectivity index (χ2v) is 4.70. The van der Waals surface area contributed by atoms with Gasteiger partial charge in [0.1, 0.15) is 11.9 Å². The zero-order valence-corrected chi connectivity index (χ0v) is 10.2. The van der Waals surface area contributed by atoms with Crippen LogP contribution >= 0.6 is 0 Å². The minimum atomic E-state index is -0.317. The van der Waals surface area contributed by atoms with E-state index in [4.69, 9.17) is 10.5 Å². The molecule has 2 rings (SSSR count). The molecule has 0 saturated carbocycles. The first-order valence-electron chi connectivity index (χ1n) is 6.22. The predicted molar refractivity (Wildman–Crippen MR) is 67.0 cm³/mol. The van der Waals surface area contributed by atoms with E-state index in [0.29, 0.717) is 0 Å². The van der Waals surface area contributed by atoms with E-state index < -0.39 is 0 Å². The Bertz CT molecular complexity index is 415. The molecule has 0 heterocycles. The fraction of sp³-hybridized carbons (Fsp3) is 0.500. The Kier molecular flexibility index (Phi) is 3.67. The Morgan fingerprint density at radius 2 is 2.18 bits per heavy atom. The number of nitrogens with two attached hydrogens (primary N) is 1. The summed E-state index contributed by atoms with van der Waals surface area (Å²) in [6.45, 7) is 1.88. The molecule has 3 heteroatoms. The van der Waals surface area contributed by atoms with E-state index in [1.165, 1.54) is 24.0 Å². The summed E-state index contributed by atoms with van der Waals surface area (Å²) in [4.78, 5) is 10.8. The SMILES string of the molecule is CC(CC(N)=O)Oc1cccc2c1CCCC2. The lowest BCUT2D eigenvalue weighted by Crippen LogP contribution is -2.23. The van der Waals surface area contributed by atoms with E-state index >= 15 is 0 Å². The van der Waals surface area contributed by atoms with Gasteiger partial charge in [-0.3, -0.25) is 4.79 Å². The Morgan fingerprint density at radius 3 is 2.94 bits per heavy atom. The molecule has 2 N–H and O–H groups in total. The number of hydrogen-bond acceptors (Lipinski definition) is 2. The van der Waals surface area contributed by atoms with Gasteiger partial charge in [0.25, 0.3) is 0 Å². The largest absolute Gasteiger partial charge is 0.490 e. The van der Waals surface area contributed by atoms with Crippen LogP contribution in [0.1, 0.15) is 37.3 Å². The number of fused-ring (bicyclic) bond motifs is 1. The first kappa shape index (κ1) is 12.0. The molecular weight excluding hydrogens is 214 g/mol. The number of carbonyl (C=O) groups excluding carboxylic acids is 1. The minimum absolute atomic E-state index is 0.152. The number of ether oxygens (including phenoxy) is 1. The van der Waals surface area contributed by atoms with Crippen LogP contribution in [0.15, 0.2) is 18.2 Å². The Hall–Kier alpha value is -1.51. The quantitative estimate of drug-likeness (QED) is 0.866. The second kappa shape index (κ2) is 5.21. The summed E-state index contributed by atoms with van der Waals surface area (Å²) in [5, 5.41) is 0. The van der Waals surface area contributed by atoms with Crippen molar-refractivity contribution in [1.29, 1.82) is 0 Å².